The number of non-ortho nitro benzene ring substituents is 1. The van der Waals surface area contributed by atoms with Crippen LogP contribution in [0.1, 0.15) is 33.6 Å². The molecule has 9 heteroatoms. The maximum atomic E-state index is 12.3. The molecule has 2 aromatic rings. The average Bonchev–Trinajstić information content (AvgIpc) is 2.64. The van der Waals surface area contributed by atoms with E-state index in [0.717, 1.165) is 12.8 Å². The average molecular weight is 387 g/mol. The summed E-state index contributed by atoms with van der Waals surface area (Å²) in [6.45, 7) is 7.59. The van der Waals surface area contributed by atoms with Crippen molar-refractivity contribution in [2.75, 3.05) is 25.0 Å². The number of nitro benzene ring substituents is 1. The van der Waals surface area contributed by atoms with E-state index in [-0.39, 0.29) is 17.7 Å². The molecule has 0 saturated carbocycles. The summed E-state index contributed by atoms with van der Waals surface area (Å²) < 4.78 is 5.46. The zero-order valence-corrected chi connectivity index (χ0v) is 16.3. The minimum Gasteiger partial charge on any atom is -0.444 e. The van der Waals surface area contributed by atoms with E-state index in [1.807, 2.05) is 20.8 Å². The number of hydrogen-bond acceptors (Lipinski definition) is 7. The molecule has 0 spiro atoms. The monoisotopic (exact) mass is 387 g/mol. The smallest absolute Gasteiger partial charge is 0.410 e. The van der Waals surface area contributed by atoms with Gasteiger partial charge in [0.05, 0.1) is 22.2 Å². The maximum Gasteiger partial charge on any atom is 0.410 e. The molecule has 1 saturated heterocycles. The van der Waals surface area contributed by atoms with Crippen LogP contribution in [0.15, 0.2) is 24.4 Å². The van der Waals surface area contributed by atoms with Crippen molar-refractivity contribution in [1.82, 2.24) is 14.9 Å². The van der Waals surface area contributed by atoms with Gasteiger partial charge < -0.3 is 15.0 Å². The van der Waals surface area contributed by atoms with E-state index in [1.54, 1.807) is 17.2 Å². The largest absolute Gasteiger partial charge is 0.444 e. The van der Waals surface area contributed by atoms with E-state index < -0.39 is 10.5 Å². The van der Waals surface area contributed by atoms with Crippen LogP contribution in [0.2, 0.25) is 0 Å². The summed E-state index contributed by atoms with van der Waals surface area (Å²) in [6.07, 6.45) is 3.24. The molecule has 1 fully saturated rings. The predicted octanol–water partition coefficient (Wildman–Crippen LogP) is 3.60. The fourth-order valence-corrected chi connectivity index (χ4v) is 3.17. The van der Waals surface area contributed by atoms with Crippen molar-refractivity contribution in [2.24, 2.45) is 5.92 Å². The van der Waals surface area contributed by atoms with E-state index in [4.69, 9.17) is 4.74 Å². The number of likely N-dealkylation sites (tertiary alicyclic amines) is 1. The summed E-state index contributed by atoms with van der Waals surface area (Å²) in [5, 5.41) is 14.1. The summed E-state index contributed by atoms with van der Waals surface area (Å²) >= 11 is 0. The molecule has 0 bridgehead atoms. The van der Waals surface area contributed by atoms with Crippen molar-refractivity contribution < 1.29 is 14.5 Å². The first kappa shape index (κ1) is 19.8. The number of carbonyl (C=O) groups is 1. The van der Waals surface area contributed by atoms with Gasteiger partial charge in [0.2, 0.25) is 0 Å². The fourth-order valence-electron chi connectivity index (χ4n) is 3.17. The third-order valence-electron chi connectivity index (χ3n) is 4.48. The summed E-state index contributed by atoms with van der Waals surface area (Å²) in [5.41, 5.74) is 0.563. The van der Waals surface area contributed by atoms with Crippen LogP contribution in [0.5, 0.6) is 0 Å². The van der Waals surface area contributed by atoms with Crippen molar-refractivity contribution in [3.05, 3.63) is 34.5 Å². The second-order valence-electron chi connectivity index (χ2n) is 8.00. The summed E-state index contributed by atoms with van der Waals surface area (Å²) in [6, 6.07) is 4.42. The van der Waals surface area contributed by atoms with Crippen molar-refractivity contribution in [2.45, 2.75) is 39.2 Å². The SMILES string of the molecule is CC(C)(C)OC(=O)N1CCC[C@@H](CNc2cnc3cc([N+](=O)[O-])ccc3n2)C1. The Morgan fingerprint density at radius 2 is 2.18 bits per heavy atom. The van der Waals surface area contributed by atoms with Crippen LogP contribution in [-0.4, -0.2) is 51.1 Å². The number of carbonyl (C=O) groups excluding carboxylic acids is 1. The van der Waals surface area contributed by atoms with Crippen LogP contribution in [-0.2, 0) is 4.74 Å². The molecule has 28 heavy (non-hydrogen) atoms. The number of nitro groups is 1. The lowest BCUT2D eigenvalue weighted by Crippen LogP contribution is -2.44. The second-order valence-corrected chi connectivity index (χ2v) is 8.00. The number of benzene rings is 1. The molecular formula is C19H25N5O4. The maximum absolute atomic E-state index is 12.3. The van der Waals surface area contributed by atoms with Gasteiger partial charge in [-0.15, -0.1) is 0 Å². The number of anilines is 1. The molecule has 1 aliphatic rings. The van der Waals surface area contributed by atoms with Crippen LogP contribution in [0.4, 0.5) is 16.3 Å². The number of piperidine rings is 1. The van der Waals surface area contributed by atoms with Gasteiger partial charge in [0, 0.05) is 31.8 Å². The Hall–Kier alpha value is -2.97. The highest BCUT2D eigenvalue weighted by Crippen LogP contribution is 2.21. The standard InChI is InChI=1S/C19H25N5O4/c1-19(2,3)28-18(25)23-8-4-5-13(12-23)10-21-17-11-20-16-9-14(24(26)27)6-7-15(16)22-17/h6-7,9,11,13H,4-5,8,10,12H2,1-3H3,(H,21,22)/t13-/m0/s1. The number of fused-ring (bicyclic) bond motifs is 1. The van der Waals surface area contributed by atoms with Gasteiger partial charge in [0.1, 0.15) is 11.4 Å². The van der Waals surface area contributed by atoms with E-state index in [9.17, 15) is 14.9 Å². The normalized spacial score (nSPS) is 17.4. The lowest BCUT2D eigenvalue weighted by atomic mass is 9.98. The number of aromatic nitrogens is 2. The first-order chi connectivity index (χ1) is 13.2. The van der Waals surface area contributed by atoms with E-state index in [0.29, 0.717) is 36.5 Å². The van der Waals surface area contributed by atoms with Gasteiger partial charge in [-0.2, -0.15) is 0 Å². The molecule has 3 rings (SSSR count). The Morgan fingerprint density at radius 1 is 1.39 bits per heavy atom. The Labute approximate surface area is 163 Å². The van der Waals surface area contributed by atoms with Gasteiger partial charge in [-0.1, -0.05) is 0 Å². The lowest BCUT2D eigenvalue weighted by Gasteiger charge is -2.34. The van der Waals surface area contributed by atoms with E-state index in [1.165, 1.54) is 12.1 Å². The Balaban J connectivity index is 1.59. The quantitative estimate of drug-likeness (QED) is 0.630. The predicted molar refractivity (Wildman–Crippen MR) is 105 cm³/mol. The van der Waals surface area contributed by atoms with Gasteiger partial charge in [0.15, 0.2) is 0 Å². The molecule has 2 heterocycles. The van der Waals surface area contributed by atoms with Gasteiger partial charge in [-0.25, -0.2) is 9.78 Å². The van der Waals surface area contributed by atoms with Crippen LogP contribution in [0.25, 0.3) is 11.0 Å². The topological polar surface area (TPSA) is 110 Å². The van der Waals surface area contributed by atoms with E-state index >= 15 is 0 Å². The highest BCUT2D eigenvalue weighted by atomic mass is 16.6. The first-order valence-electron chi connectivity index (χ1n) is 9.34. The van der Waals surface area contributed by atoms with Crippen LogP contribution in [0.3, 0.4) is 0 Å². The zero-order chi connectivity index (χ0) is 20.3. The van der Waals surface area contributed by atoms with Crippen molar-refractivity contribution >= 4 is 28.6 Å². The summed E-state index contributed by atoms with van der Waals surface area (Å²) in [5.74, 6) is 0.895. The Morgan fingerprint density at radius 3 is 2.89 bits per heavy atom. The van der Waals surface area contributed by atoms with E-state index in [2.05, 4.69) is 15.3 Å². The molecular weight excluding hydrogens is 362 g/mol. The number of hydrogen-bond donors (Lipinski definition) is 1. The number of nitrogens with one attached hydrogen (secondary N) is 1. The first-order valence-corrected chi connectivity index (χ1v) is 9.34. The molecule has 0 unspecified atom stereocenters. The minimum absolute atomic E-state index is 0.00745. The van der Waals surface area contributed by atoms with Crippen molar-refractivity contribution in [1.29, 1.82) is 0 Å². The molecule has 0 radical (unpaired) electrons. The summed E-state index contributed by atoms with van der Waals surface area (Å²) in [7, 11) is 0. The van der Waals surface area contributed by atoms with Crippen LogP contribution in [0, 0.1) is 16.0 Å². The number of ether oxygens (including phenoxy) is 1. The fraction of sp³-hybridized carbons (Fsp3) is 0.526. The molecule has 1 aromatic carbocycles. The molecule has 1 N–H and O–H groups in total. The molecule has 150 valence electrons. The second kappa shape index (κ2) is 7.95. The van der Waals surface area contributed by atoms with Gasteiger partial charge >= 0.3 is 6.09 Å². The molecule has 1 aliphatic heterocycles. The van der Waals surface area contributed by atoms with Crippen molar-refractivity contribution in [3.63, 3.8) is 0 Å². The van der Waals surface area contributed by atoms with Gasteiger partial charge in [0.25, 0.3) is 5.69 Å². The van der Waals surface area contributed by atoms with Gasteiger partial charge in [-0.3, -0.25) is 15.1 Å². The number of rotatable bonds is 4. The van der Waals surface area contributed by atoms with Crippen LogP contribution >= 0.6 is 0 Å². The summed E-state index contributed by atoms with van der Waals surface area (Å²) in [4.78, 5) is 33.1. The number of amides is 1. The highest BCUT2D eigenvalue weighted by molar-refractivity contribution is 5.78. The van der Waals surface area contributed by atoms with Gasteiger partial charge in [-0.05, 0) is 45.6 Å². The zero-order valence-electron chi connectivity index (χ0n) is 16.3. The number of nitrogens with zero attached hydrogens (tertiary/aromatic N) is 4. The lowest BCUT2D eigenvalue weighted by molar-refractivity contribution is -0.384. The van der Waals surface area contributed by atoms with Crippen LogP contribution < -0.4 is 5.32 Å². The Bertz CT molecular complexity index is 880. The third-order valence-corrected chi connectivity index (χ3v) is 4.48. The molecule has 1 atom stereocenters. The minimum atomic E-state index is -0.502. The molecule has 9 nitrogen and oxygen atoms in total. The molecule has 1 amide bonds. The third kappa shape index (κ3) is 5.05. The van der Waals surface area contributed by atoms with Crippen molar-refractivity contribution in [3.8, 4) is 0 Å². The molecule has 0 aliphatic carbocycles. The highest BCUT2D eigenvalue weighted by Gasteiger charge is 2.27. The molecule has 1 aromatic heterocycles. The Kier molecular flexibility index (Phi) is 5.62.